The van der Waals surface area contributed by atoms with Crippen molar-refractivity contribution in [1.82, 2.24) is 4.31 Å². The number of anilines is 1. The Labute approximate surface area is 119 Å². The first-order valence-electron chi connectivity index (χ1n) is 6.42. The largest absolute Gasteiger partial charge is 0.397 e. The Bertz CT molecular complexity index is 583. The van der Waals surface area contributed by atoms with Crippen LogP contribution in [-0.4, -0.2) is 25.8 Å². The molecule has 4 nitrogen and oxygen atoms in total. The molecule has 2 N–H and O–H groups in total. The van der Waals surface area contributed by atoms with Gasteiger partial charge in [-0.05, 0) is 43.4 Å². The van der Waals surface area contributed by atoms with Gasteiger partial charge < -0.3 is 5.73 Å². The molecular weight excluding hydrogens is 284 g/mol. The molecule has 0 bridgehead atoms. The molecular formula is C13H19ClN2O2S. The molecule has 106 valence electrons. The first-order chi connectivity index (χ1) is 8.86. The predicted molar refractivity (Wildman–Crippen MR) is 77.8 cm³/mol. The quantitative estimate of drug-likeness (QED) is 0.851. The highest BCUT2D eigenvalue weighted by atomic mass is 35.5. The van der Waals surface area contributed by atoms with E-state index in [9.17, 15) is 8.42 Å². The molecule has 0 radical (unpaired) electrons. The van der Waals surface area contributed by atoms with E-state index in [2.05, 4.69) is 0 Å². The van der Waals surface area contributed by atoms with E-state index in [0.29, 0.717) is 35.3 Å². The Kier molecular flexibility index (Phi) is 4.08. The molecule has 0 saturated heterocycles. The first kappa shape index (κ1) is 14.6. The summed E-state index contributed by atoms with van der Waals surface area (Å²) in [5.41, 5.74) is 6.66. The number of nitrogen functional groups attached to an aromatic ring is 1. The van der Waals surface area contributed by atoms with E-state index in [4.69, 9.17) is 17.3 Å². The average molecular weight is 303 g/mol. The van der Waals surface area contributed by atoms with Crippen molar-refractivity contribution < 1.29 is 8.42 Å². The van der Waals surface area contributed by atoms with Crippen LogP contribution in [0.15, 0.2) is 17.0 Å². The summed E-state index contributed by atoms with van der Waals surface area (Å²) >= 11 is 5.91. The van der Waals surface area contributed by atoms with Gasteiger partial charge in [-0.2, -0.15) is 4.31 Å². The highest BCUT2D eigenvalue weighted by Crippen LogP contribution is 2.33. The Morgan fingerprint density at radius 3 is 2.58 bits per heavy atom. The number of sulfonamides is 1. The Balaban J connectivity index is 2.39. The second-order valence-electron chi connectivity index (χ2n) is 5.04. The molecule has 2 rings (SSSR count). The third-order valence-corrected chi connectivity index (χ3v) is 5.83. The van der Waals surface area contributed by atoms with Crippen LogP contribution in [0.4, 0.5) is 5.69 Å². The van der Waals surface area contributed by atoms with Gasteiger partial charge in [-0.15, -0.1) is 0 Å². The van der Waals surface area contributed by atoms with Gasteiger partial charge in [0.25, 0.3) is 0 Å². The van der Waals surface area contributed by atoms with Gasteiger partial charge in [0.05, 0.1) is 15.6 Å². The molecule has 0 aliphatic heterocycles. The van der Waals surface area contributed by atoms with E-state index in [-0.39, 0.29) is 4.90 Å². The number of benzene rings is 1. The van der Waals surface area contributed by atoms with Crippen molar-refractivity contribution in [3.8, 4) is 0 Å². The lowest BCUT2D eigenvalue weighted by Crippen LogP contribution is -2.33. The van der Waals surface area contributed by atoms with Crippen LogP contribution in [0.5, 0.6) is 0 Å². The minimum absolute atomic E-state index is 0.261. The molecule has 1 aliphatic carbocycles. The second-order valence-corrected chi connectivity index (χ2v) is 7.35. The summed E-state index contributed by atoms with van der Waals surface area (Å²) in [6, 6.07) is 3.07. The zero-order valence-corrected chi connectivity index (χ0v) is 12.8. The predicted octanol–water partition coefficient (Wildman–Crippen LogP) is 2.65. The van der Waals surface area contributed by atoms with Gasteiger partial charge in [0, 0.05) is 13.1 Å². The van der Waals surface area contributed by atoms with E-state index in [1.807, 2.05) is 6.92 Å². The van der Waals surface area contributed by atoms with E-state index in [0.717, 1.165) is 12.8 Å². The van der Waals surface area contributed by atoms with Crippen LogP contribution in [0.25, 0.3) is 0 Å². The van der Waals surface area contributed by atoms with Crippen LogP contribution < -0.4 is 5.73 Å². The smallest absolute Gasteiger partial charge is 0.243 e. The fraction of sp³-hybridized carbons (Fsp3) is 0.538. The van der Waals surface area contributed by atoms with Gasteiger partial charge >= 0.3 is 0 Å². The summed E-state index contributed by atoms with van der Waals surface area (Å²) in [6.45, 7) is 4.67. The molecule has 0 aromatic heterocycles. The molecule has 0 amide bonds. The standard InChI is InChI=1S/C13H19ClN2O2S/c1-3-16(8-10-4-5-10)19(17,18)13-7-12(15)11(14)6-9(13)2/h6-7,10H,3-5,8,15H2,1-2H3. The molecule has 19 heavy (non-hydrogen) atoms. The number of nitrogens with zero attached hydrogens (tertiary/aromatic N) is 1. The fourth-order valence-electron chi connectivity index (χ4n) is 2.07. The van der Waals surface area contributed by atoms with Gasteiger partial charge in [-0.1, -0.05) is 18.5 Å². The first-order valence-corrected chi connectivity index (χ1v) is 8.23. The Hall–Kier alpha value is -0.780. The SMILES string of the molecule is CCN(CC1CC1)S(=O)(=O)c1cc(N)c(Cl)cc1C. The van der Waals surface area contributed by atoms with E-state index in [1.54, 1.807) is 13.0 Å². The van der Waals surface area contributed by atoms with Crippen molar-refractivity contribution in [3.05, 3.63) is 22.7 Å². The van der Waals surface area contributed by atoms with Crippen molar-refractivity contribution in [2.45, 2.75) is 31.6 Å². The van der Waals surface area contributed by atoms with Crippen LogP contribution in [0, 0.1) is 12.8 Å². The number of aryl methyl sites for hydroxylation is 1. The normalized spacial score (nSPS) is 16.0. The second kappa shape index (κ2) is 5.31. The summed E-state index contributed by atoms with van der Waals surface area (Å²) in [7, 11) is -3.48. The van der Waals surface area contributed by atoms with E-state index >= 15 is 0 Å². The van der Waals surface area contributed by atoms with E-state index in [1.165, 1.54) is 10.4 Å². The monoisotopic (exact) mass is 302 g/mol. The molecule has 6 heteroatoms. The molecule has 1 saturated carbocycles. The van der Waals surface area contributed by atoms with Gasteiger partial charge in [0.1, 0.15) is 0 Å². The molecule has 0 unspecified atom stereocenters. The zero-order chi connectivity index (χ0) is 14.2. The van der Waals surface area contributed by atoms with Crippen LogP contribution >= 0.6 is 11.6 Å². The summed E-state index contributed by atoms with van der Waals surface area (Å²) in [5.74, 6) is 0.514. The number of hydrogen-bond donors (Lipinski definition) is 1. The number of hydrogen-bond acceptors (Lipinski definition) is 3. The number of halogens is 1. The lowest BCUT2D eigenvalue weighted by Gasteiger charge is -2.21. The van der Waals surface area contributed by atoms with Gasteiger partial charge in [-0.3, -0.25) is 0 Å². The molecule has 1 aromatic rings. The van der Waals surface area contributed by atoms with Gasteiger partial charge in [0.2, 0.25) is 10.0 Å². The lowest BCUT2D eigenvalue weighted by atomic mass is 10.2. The van der Waals surface area contributed by atoms with Crippen molar-refractivity contribution in [2.24, 2.45) is 5.92 Å². The van der Waals surface area contributed by atoms with Crippen molar-refractivity contribution in [2.75, 3.05) is 18.8 Å². The summed E-state index contributed by atoms with van der Waals surface area (Å²) < 4.78 is 26.8. The van der Waals surface area contributed by atoms with Gasteiger partial charge in [-0.25, -0.2) is 8.42 Å². The molecule has 0 atom stereocenters. The zero-order valence-electron chi connectivity index (χ0n) is 11.2. The van der Waals surface area contributed by atoms with Crippen molar-refractivity contribution >= 4 is 27.3 Å². The number of rotatable bonds is 5. The van der Waals surface area contributed by atoms with Crippen LogP contribution in [0.3, 0.4) is 0 Å². The lowest BCUT2D eigenvalue weighted by molar-refractivity contribution is 0.411. The van der Waals surface area contributed by atoms with Gasteiger partial charge in [0.15, 0.2) is 0 Å². The minimum Gasteiger partial charge on any atom is -0.397 e. The van der Waals surface area contributed by atoms with E-state index < -0.39 is 10.0 Å². The maximum Gasteiger partial charge on any atom is 0.243 e. The number of nitrogens with two attached hydrogens (primary N) is 1. The molecule has 1 aromatic carbocycles. The maximum atomic E-state index is 12.6. The summed E-state index contributed by atoms with van der Waals surface area (Å²) in [5, 5.41) is 0.390. The summed E-state index contributed by atoms with van der Waals surface area (Å²) in [4.78, 5) is 0.261. The molecule has 0 spiro atoms. The third-order valence-electron chi connectivity index (χ3n) is 3.42. The molecule has 0 heterocycles. The molecule has 1 fully saturated rings. The Morgan fingerprint density at radius 2 is 2.05 bits per heavy atom. The fourth-order valence-corrected chi connectivity index (χ4v) is 4.06. The summed E-state index contributed by atoms with van der Waals surface area (Å²) in [6.07, 6.45) is 2.24. The van der Waals surface area contributed by atoms with Crippen molar-refractivity contribution in [3.63, 3.8) is 0 Å². The average Bonchev–Trinajstić information content (AvgIpc) is 3.14. The van der Waals surface area contributed by atoms with Crippen molar-refractivity contribution in [1.29, 1.82) is 0 Å². The minimum atomic E-state index is -3.48. The Morgan fingerprint density at radius 1 is 1.42 bits per heavy atom. The highest BCUT2D eigenvalue weighted by Gasteiger charge is 2.31. The highest BCUT2D eigenvalue weighted by molar-refractivity contribution is 7.89. The van der Waals surface area contributed by atoms with Crippen LogP contribution in [0.1, 0.15) is 25.3 Å². The van der Waals surface area contributed by atoms with Crippen LogP contribution in [-0.2, 0) is 10.0 Å². The third kappa shape index (κ3) is 3.04. The van der Waals surface area contributed by atoms with Crippen LogP contribution in [0.2, 0.25) is 5.02 Å². The topological polar surface area (TPSA) is 63.4 Å². The maximum absolute atomic E-state index is 12.6. The molecule has 1 aliphatic rings.